The van der Waals surface area contributed by atoms with Crippen molar-refractivity contribution in [2.75, 3.05) is 6.54 Å². The van der Waals surface area contributed by atoms with E-state index in [2.05, 4.69) is 18.0 Å². The van der Waals surface area contributed by atoms with Crippen molar-refractivity contribution in [2.45, 2.75) is 13.5 Å². The van der Waals surface area contributed by atoms with Gasteiger partial charge in [0.1, 0.15) is 0 Å². The summed E-state index contributed by atoms with van der Waals surface area (Å²) < 4.78 is 0. The van der Waals surface area contributed by atoms with E-state index in [0.29, 0.717) is 5.56 Å². The Bertz CT molecular complexity index is 361. The van der Waals surface area contributed by atoms with E-state index in [1.807, 2.05) is 31.2 Å². The number of hydrogen-bond donors (Lipinski definition) is 1. The first-order valence-electron chi connectivity index (χ1n) is 4.56. The average molecular weight is 186 g/mol. The fraction of sp³-hybridized carbons (Fsp3) is 0.250. The Morgan fingerprint density at radius 3 is 3.00 bits per heavy atom. The van der Waals surface area contributed by atoms with E-state index in [-0.39, 0.29) is 0 Å². The van der Waals surface area contributed by atoms with Gasteiger partial charge in [-0.25, -0.2) is 0 Å². The molecule has 0 aliphatic carbocycles. The maximum atomic E-state index is 8.69. The number of nitrogens with one attached hydrogen (secondary N) is 1. The van der Waals surface area contributed by atoms with E-state index >= 15 is 0 Å². The van der Waals surface area contributed by atoms with E-state index in [4.69, 9.17) is 5.26 Å². The maximum Gasteiger partial charge on any atom is 0.0991 e. The molecule has 0 bridgehead atoms. The molecular weight excluding hydrogens is 172 g/mol. The Labute approximate surface area is 84.9 Å². The highest BCUT2D eigenvalue weighted by atomic mass is 14.8. The highest BCUT2D eigenvalue weighted by Crippen LogP contribution is 2.03. The number of hydrogen-bond acceptors (Lipinski definition) is 2. The second-order valence-corrected chi connectivity index (χ2v) is 3.37. The monoisotopic (exact) mass is 186 g/mol. The van der Waals surface area contributed by atoms with Crippen LogP contribution in [0.2, 0.25) is 0 Å². The Morgan fingerprint density at radius 2 is 2.36 bits per heavy atom. The summed E-state index contributed by atoms with van der Waals surface area (Å²) in [7, 11) is 0. The van der Waals surface area contributed by atoms with Gasteiger partial charge in [0.25, 0.3) is 0 Å². The van der Waals surface area contributed by atoms with Gasteiger partial charge in [-0.05, 0) is 24.6 Å². The number of benzene rings is 1. The van der Waals surface area contributed by atoms with Crippen molar-refractivity contribution in [2.24, 2.45) is 0 Å². The molecule has 1 aromatic rings. The van der Waals surface area contributed by atoms with Crippen molar-refractivity contribution in [1.29, 1.82) is 5.26 Å². The van der Waals surface area contributed by atoms with Crippen LogP contribution in [0.3, 0.4) is 0 Å². The van der Waals surface area contributed by atoms with Gasteiger partial charge in [0.2, 0.25) is 0 Å². The zero-order valence-electron chi connectivity index (χ0n) is 8.38. The van der Waals surface area contributed by atoms with Gasteiger partial charge in [-0.15, -0.1) is 0 Å². The van der Waals surface area contributed by atoms with Gasteiger partial charge < -0.3 is 5.32 Å². The highest BCUT2D eigenvalue weighted by Gasteiger charge is 1.94. The van der Waals surface area contributed by atoms with E-state index in [1.54, 1.807) is 0 Å². The lowest BCUT2D eigenvalue weighted by atomic mass is 10.1. The second-order valence-electron chi connectivity index (χ2n) is 3.37. The Hall–Kier alpha value is -1.59. The molecule has 0 heterocycles. The number of rotatable bonds is 4. The Balaban J connectivity index is 2.51. The third kappa shape index (κ3) is 3.42. The van der Waals surface area contributed by atoms with Gasteiger partial charge in [-0.2, -0.15) is 5.26 Å². The first-order chi connectivity index (χ1) is 6.72. The first-order valence-corrected chi connectivity index (χ1v) is 4.56. The van der Waals surface area contributed by atoms with Gasteiger partial charge >= 0.3 is 0 Å². The molecule has 0 saturated heterocycles. The molecule has 0 radical (unpaired) electrons. The average Bonchev–Trinajstić information content (AvgIpc) is 2.18. The van der Waals surface area contributed by atoms with Crippen LogP contribution < -0.4 is 5.32 Å². The lowest BCUT2D eigenvalue weighted by Gasteiger charge is -2.04. The molecule has 2 heteroatoms. The molecule has 0 aromatic heterocycles. The van der Waals surface area contributed by atoms with E-state index in [0.717, 1.165) is 24.2 Å². The quantitative estimate of drug-likeness (QED) is 0.732. The summed E-state index contributed by atoms with van der Waals surface area (Å²) in [5.74, 6) is 0. The topological polar surface area (TPSA) is 35.8 Å². The molecule has 0 unspecified atom stereocenters. The standard InChI is InChI=1S/C12H14N2/c1-10(2)8-14-9-12-5-3-4-11(6-12)7-13/h3-6,14H,1,8-9H2,2H3. The summed E-state index contributed by atoms with van der Waals surface area (Å²) in [5, 5.41) is 11.9. The molecule has 0 aliphatic heterocycles. The zero-order valence-corrected chi connectivity index (χ0v) is 8.38. The van der Waals surface area contributed by atoms with Crippen LogP contribution in [-0.4, -0.2) is 6.54 Å². The van der Waals surface area contributed by atoms with Crippen LogP contribution in [0.5, 0.6) is 0 Å². The first kappa shape index (κ1) is 10.5. The Kier molecular flexibility index (Phi) is 3.90. The molecule has 0 fully saturated rings. The van der Waals surface area contributed by atoms with E-state index in [9.17, 15) is 0 Å². The van der Waals surface area contributed by atoms with Crippen LogP contribution in [0.15, 0.2) is 36.4 Å². The summed E-state index contributed by atoms with van der Waals surface area (Å²) >= 11 is 0. The summed E-state index contributed by atoms with van der Waals surface area (Å²) in [5.41, 5.74) is 2.95. The van der Waals surface area contributed by atoms with Crippen LogP contribution in [0, 0.1) is 11.3 Å². The minimum absolute atomic E-state index is 0.708. The summed E-state index contributed by atoms with van der Waals surface area (Å²) in [4.78, 5) is 0. The van der Waals surface area contributed by atoms with Crippen molar-refractivity contribution >= 4 is 0 Å². The summed E-state index contributed by atoms with van der Waals surface area (Å²) in [6.45, 7) is 7.39. The fourth-order valence-electron chi connectivity index (χ4n) is 1.17. The van der Waals surface area contributed by atoms with Gasteiger partial charge in [0.15, 0.2) is 0 Å². The third-order valence-electron chi connectivity index (χ3n) is 1.81. The van der Waals surface area contributed by atoms with Gasteiger partial charge in [-0.1, -0.05) is 24.3 Å². The molecular formula is C12H14N2. The molecule has 14 heavy (non-hydrogen) atoms. The van der Waals surface area contributed by atoms with Crippen molar-refractivity contribution < 1.29 is 0 Å². The normalized spacial score (nSPS) is 9.43. The second kappa shape index (κ2) is 5.21. The molecule has 2 nitrogen and oxygen atoms in total. The molecule has 0 aliphatic rings. The lowest BCUT2D eigenvalue weighted by Crippen LogP contribution is -2.15. The molecule has 0 saturated carbocycles. The molecule has 0 spiro atoms. The van der Waals surface area contributed by atoms with Crippen LogP contribution in [-0.2, 0) is 6.54 Å². The molecule has 72 valence electrons. The van der Waals surface area contributed by atoms with Gasteiger partial charge in [0, 0.05) is 13.1 Å². The molecule has 0 atom stereocenters. The van der Waals surface area contributed by atoms with Crippen molar-refractivity contribution in [3.63, 3.8) is 0 Å². The molecule has 0 amide bonds. The number of nitrogens with zero attached hydrogens (tertiary/aromatic N) is 1. The van der Waals surface area contributed by atoms with E-state index < -0.39 is 0 Å². The smallest absolute Gasteiger partial charge is 0.0991 e. The molecule has 1 rings (SSSR count). The maximum absolute atomic E-state index is 8.69. The highest BCUT2D eigenvalue weighted by molar-refractivity contribution is 5.32. The summed E-state index contributed by atoms with van der Waals surface area (Å²) in [6, 6.07) is 9.73. The van der Waals surface area contributed by atoms with Crippen molar-refractivity contribution in [3.8, 4) is 6.07 Å². The van der Waals surface area contributed by atoms with Crippen LogP contribution in [0.25, 0.3) is 0 Å². The Morgan fingerprint density at radius 1 is 1.57 bits per heavy atom. The largest absolute Gasteiger partial charge is 0.309 e. The van der Waals surface area contributed by atoms with Crippen LogP contribution in [0.1, 0.15) is 18.1 Å². The predicted molar refractivity (Wildman–Crippen MR) is 57.7 cm³/mol. The lowest BCUT2D eigenvalue weighted by molar-refractivity contribution is 0.741. The summed E-state index contributed by atoms with van der Waals surface area (Å²) in [6.07, 6.45) is 0. The molecule has 1 N–H and O–H groups in total. The zero-order chi connectivity index (χ0) is 10.4. The van der Waals surface area contributed by atoms with Crippen LogP contribution >= 0.6 is 0 Å². The SMILES string of the molecule is C=C(C)CNCc1cccc(C#N)c1. The fourth-order valence-corrected chi connectivity index (χ4v) is 1.17. The predicted octanol–water partition coefficient (Wildman–Crippen LogP) is 2.22. The van der Waals surface area contributed by atoms with Crippen molar-refractivity contribution in [3.05, 3.63) is 47.5 Å². The van der Waals surface area contributed by atoms with E-state index in [1.165, 1.54) is 0 Å². The van der Waals surface area contributed by atoms with Crippen LogP contribution in [0.4, 0.5) is 0 Å². The number of nitriles is 1. The minimum Gasteiger partial charge on any atom is -0.309 e. The third-order valence-corrected chi connectivity index (χ3v) is 1.81. The van der Waals surface area contributed by atoms with Gasteiger partial charge in [-0.3, -0.25) is 0 Å². The van der Waals surface area contributed by atoms with Gasteiger partial charge in [0.05, 0.1) is 11.6 Å². The minimum atomic E-state index is 0.708. The molecule has 1 aromatic carbocycles. The van der Waals surface area contributed by atoms with Crippen molar-refractivity contribution in [1.82, 2.24) is 5.32 Å².